The number of anilines is 1. The fraction of sp³-hybridized carbons (Fsp3) is 0.516. The number of amides is 1. The van der Waals surface area contributed by atoms with E-state index in [1.54, 1.807) is 6.92 Å². The summed E-state index contributed by atoms with van der Waals surface area (Å²) in [5.74, 6) is 1.09. The summed E-state index contributed by atoms with van der Waals surface area (Å²) < 4.78 is 0. The average Bonchev–Trinajstić information content (AvgIpc) is 3.36. The molecule has 1 saturated carbocycles. The molecule has 37 heavy (non-hydrogen) atoms. The van der Waals surface area contributed by atoms with Crippen LogP contribution in [-0.4, -0.2) is 49.6 Å². The van der Waals surface area contributed by atoms with Gasteiger partial charge in [0.25, 0.3) is 0 Å². The minimum absolute atomic E-state index is 0.00201. The molecule has 1 aliphatic carbocycles. The number of likely N-dealkylation sites (tertiary alicyclic amines) is 1. The SMILES string of the molecule is CC(=O)N[C@H]1CCC[C@@H]1[C@](C#N)(c1ccccc1)C1CCN(CC2CN(c3ccc(C#N)cc3)C2)CC1. The van der Waals surface area contributed by atoms with E-state index >= 15 is 0 Å². The third kappa shape index (κ3) is 5.09. The second kappa shape index (κ2) is 11.0. The fourth-order valence-corrected chi connectivity index (χ4v) is 7.22. The summed E-state index contributed by atoms with van der Waals surface area (Å²) in [5, 5.41) is 23.0. The number of rotatable bonds is 7. The van der Waals surface area contributed by atoms with Crippen LogP contribution >= 0.6 is 0 Å². The number of hydrogen-bond acceptors (Lipinski definition) is 5. The van der Waals surface area contributed by atoms with Gasteiger partial charge in [-0.3, -0.25) is 4.79 Å². The Morgan fingerprint density at radius 2 is 1.70 bits per heavy atom. The standard InChI is InChI=1S/C31H37N5O/c1-23(37)34-30-9-5-8-29(30)31(22-33,26-6-3-2-4-7-26)27-14-16-35(17-15-27)19-25-20-36(21-25)28-12-10-24(18-32)11-13-28/h2-4,6-7,10-13,25,27,29-30H,5,8-9,14-17,19-21H2,1H3,(H,34,37)/t29-,30-,31+/m0/s1. The van der Waals surface area contributed by atoms with Gasteiger partial charge in [0.2, 0.25) is 5.91 Å². The Morgan fingerprint density at radius 1 is 1.00 bits per heavy atom. The predicted molar refractivity (Wildman–Crippen MR) is 145 cm³/mol. The maximum absolute atomic E-state index is 12.0. The van der Waals surface area contributed by atoms with E-state index in [2.05, 4.69) is 51.5 Å². The van der Waals surface area contributed by atoms with E-state index in [4.69, 9.17) is 5.26 Å². The monoisotopic (exact) mass is 495 g/mol. The highest BCUT2D eigenvalue weighted by molar-refractivity contribution is 5.73. The molecule has 2 aromatic rings. The summed E-state index contributed by atoms with van der Waals surface area (Å²) in [6.07, 6.45) is 5.02. The molecule has 1 N–H and O–H groups in total. The molecule has 5 rings (SSSR count). The van der Waals surface area contributed by atoms with Crippen LogP contribution in [0.4, 0.5) is 5.69 Å². The van der Waals surface area contributed by atoms with Gasteiger partial charge in [-0.25, -0.2) is 0 Å². The largest absolute Gasteiger partial charge is 0.371 e. The first kappa shape index (κ1) is 25.3. The van der Waals surface area contributed by atoms with Gasteiger partial charge in [-0.2, -0.15) is 10.5 Å². The number of carbonyl (C=O) groups is 1. The van der Waals surface area contributed by atoms with Crippen LogP contribution in [0.2, 0.25) is 0 Å². The molecule has 1 amide bonds. The molecule has 0 bridgehead atoms. The Morgan fingerprint density at radius 3 is 2.32 bits per heavy atom. The number of carbonyl (C=O) groups excluding carboxylic acids is 1. The number of benzene rings is 2. The van der Waals surface area contributed by atoms with Crippen molar-refractivity contribution in [3.05, 3.63) is 65.7 Å². The predicted octanol–water partition coefficient (Wildman–Crippen LogP) is 4.47. The highest BCUT2D eigenvalue weighted by Crippen LogP contribution is 2.50. The zero-order valence-corrected chi connectivity index (χ0v) is 21.8. The lowest BCUT2D eigenvalue weighted by Crippen LogP contribution is -2.55. The number of nitrogens with one attached hydrogen (secondary N) is 1. The van der Waals surface area contributed by atoms with Gasteiger partial charge < -0.3 is 15.1 Å². The van der Waals surface area contributed by atoms with E-state index in [1.807, 2.05) is 30.3 Å². The number of piperidine rings is 1. The van der Waals surface area contributed by atoms with Crippen molar-refractivity contribution in [3.8, 4) is 12.1 Å². The van der Waals surface area contributed by atoms with Gasteiger partial charge >= 0.3 is 0 Å². The topological polar surface area (TPSA) is 83.2 Å². The molecule has 0 spiro atoms. The molecule has 2 heterocycles. The third-order valence-electron chi connectivity index (χ3n) is 8.99. The van der Waals surface area contributed by atoms with Gasteiger partial charge in [-0.1, -0.05) is 36.8 Å². The lowest BCUT2D eigenvalue weighted by Gasteiger charge is -2.48. The van der Waals surface area contributed by atoms with Crippen molar-refractivity contribution in [1.29, 1.82) is 10.5 Å². The van der Waals surface area contributed by atoms with E-state index < -0.39 is 5.41 Å². The zero-order valence-electron chi connectivity index (χ0n) is 21.8. The van der Waals surface area contributed by atoms with Crippen LogP contribution in [0.1, 0.15) is 50.2 Å². The molecule has 2 saturated heterocycles. The molecule has 0 radical (unpaired) electrons. The zero-order chi connectivity index (χ0) is 25.8. The van der Waals surface area contributed by atoms with E-state index in [0.717, 1.165) is 70.4 Å². The Hall–Kier alpha value is -3.35. The van der Waals surface area contributed by atoms with E-state index in [1.165, 1.54) is 5.69 Å². The van der Waals surface area contributed by atoms with E-state index in [-0.39, 0.29) is 23.8 Å². The molecule has 0 unspecified atom stereocenters. The number of nitriles is 2. The second-order valence-corrected chi connectivity index (χ2v) is 11.2. The Balaban J connectivity index is 1.24. The first-order chi connectivity index (χ1) is 18.0. The molecule has 6 heteroatoms. The molecule has 3 aliphatic rings. The molecule has 6 nitrogen and oxygen atoms in total. The Kier molecular flexibility index (Phi) is 7.49. The van der Waals surface area contributed by atoms with Gasteiger partial charge in [0.15, 0.2) is 0 Å². The van der Waals surface area contributed by atoms with Crippen molar-refractivity contribution in [2.75, 3.05) is 37.6 Å². The normalized spacial score (nSPS) is 24.5. The summed E-state index contributed by atoms with van der Waals surface area (Å²) in [7, 11) is 0. The highest BCUT2D eigenvalue weighted by Gasteiger charge is 2.52. The molecule has 2 aliphatic heterocycles. The minimum atomic E-state index is -0.570. The van der Waals surface area contributed by atoms with Crippen LogP contribution in [-0.2, 0) is 10.2 Å². The van der Waals surface area contributed by atoms with Gasteiger partial charge in [0.1, 0.15) is 0 Å². The van der Waals surface area contributed by atoms with Crippen LogP contribution < -0.4 is 10.2 Å². The lowest BCUT2D eigenvalue weighted by atomic mass is 9.59. The van der Waals surface area contributed by atoms with E-state index in [0.29, 0.717) is 11.5 Å². The summed E-state index contributed by atoms with van der Waals surface area (Å²) in [5.41, 5.74) is 2.45. The van der Waals surface area contributed by atoms with Crippen molar-refractivity contribution in [2.24, 2.45) is 17.8 Å². The molecule has 3 atom stereocenters. The minimum Gasteiger partial charge on any atom is -0.371 e. The molecule has 0 aromatic heterocycles. The summed E-state index contributed by atoms with van der Waals surface area (Å²) in [4.78, 5) is 17.0. The maximum Gasteiger partial charge on any atom is 0.217 e. The van der Waals surface area contributed by atoms with Crippen LogP contribution in [0, 0.1) is 40.4 Å². The fourth-order valence-electron chi connectivity index (χ4n) is 7.22. The second-order valence-electron chi connectivity index (χ2n) is 11.2. The molecule has 192 valence electrons. The summed E-state index contributed by atoms with van der Waals surface area (Å²) in [6.45, 7) is 6.84. The van der Waals surface area contributed by atoms with Crippen LogP contribution in [0.3, 0.4) is 0 Å². The van der Waals surface area contributed by atoms with Crippen molar-refractivity contribution < 1.29 is 4.79 Å². The van der Waals surface area contributed by atoms with Gasteiger partial charge in [0.05, 0.1) is 23.1 Å². The van der Waals surface area contributed by atoms with Crippen molar-refractivity contribution in [1.82, 2.24) is 10.2 Å². The van der Waals surface area contributed by atoms with Gasteiger partial charge in [-0.05, 0) is 74.5 Å². The number of hydrogen-bond donors (Lipinski definition) is 1. The van der Waals surface area contributed by atoms with Crippen LogP contribution in [0.25, 0.3) is 0 Å². The first-order valence-corrected chi connectivity index (χ1v) is 13.7. The highest BCUT2D eigenvalue weighted by atomic mass is 16.1. The molecule has 3 fully saturated rings. The third-order valence-corrected chi connectivity index (χ3v) is 8.99. The first-order valence-electron chi connectivity index (χ1n) is 13.7. The Bertz CT molecular complexity index is 1150. The van der Waals surface area contributed by atoms with Crippen LogP contribution in [0.5, 0.6) is 0 Å². The van der Waals surface area contributed by atoms with Gasteiger partial charge in [0, 0.05) is 50.1 Å². The quantitative estimate of drug-likeness (QED) is 0.613. The van der Waals surface area contributed by atoms with Crippen molar-refractivity contribution >= 4 is 11.6 Å². The smallest absolute Gasteiger partial charge is 0.217 e. The molecule has 2 aromatic carbocycles. The summed E-state index contributed by atoms with van der Waals surface area (Å²) in [6, 6.07) is 23.4. The van der Waals surface area contributed by atoms with Crippen LogP contribution in [0.15, 0.2) is 54.6 Å². The number of nitrogens with zero attached hydrogens (tertiary/aromatic N) is 4. The summed E-state index contributed by atoms with van der Waals surface area (Å²) >= 11 is 0. The Labute approximate surface area is 220 Å². The van der Waals surface area contributed by atoms with Crippen molar-refractivity contribution in [2.45, 2.75) is 50.5 Å². The van der Waals surface area contributed by atoms with E-state index in [9.17, 15) is 10.1 Å². The lowest BCUT2D eigenvalue weighted by molar-refractivity contribution is -0.120. The van der Waals surface area contributed by atoms with Gasteiger partial charge in [-0.15, -0.1) is 0 Å². The van der Waals surface area contributed by atoms with Crippen molar-refractivity contribution in [3.63, 3.8) is 0 Å². The average molecular weight is 496 g/mol. The molecular weight excluding hydrogens is 458 g/mol. The maximum atomic E-state index is 12.0. The molecular formula is C31H37N5O.